The average Bonchev–Trinajstić information content (AvgIpc) is 2.18. The molecule has 0 aliphatic heterocycles. The third-order valence-electron chi connectivity index (χ3n) is 1.66. The molecule has 0 aromatic carbocycles. The van der Waals surface area contributed by atoms with E-state index in [0.29, 0.717) is 5.95 Å². The van der Waals surface area contributed by atoms with Gasteiger partial charge in [-0.25, -0.2) is 9.97 Å². The van der Waals surface area contributed by atoms with E-state index in [2.05, 4.69) is 9.97 Å². The zero-order chi connectivity index (χ0) is 11.3. The molecule has 1 aromatic heterocycles. The predicted molar refractivity (Wildman–Crippen MR) is 57.6 cm³/mol. The van der Waals surface area contributed by atoms with Gasteiger partial charge in [-0.3, -0.25) is 4.79 Å². The highest BCUT2D eigenvalue weighted by Gasteiger charge is 1.97. The van der Waals surface area contributed by atoms with Crippen LogP contribution in [0.1, 0.15) is 12.0 Å². The molecule has 0 unspecified atom stereocenters. The summed E-state index contributed by atoms with van der Waals surface area (Å²) in [7, 11) is 3.71. The van der Waals surface area contributed by atoms with Crippen molar-refractivity contribution in [1.82, 2.24) is 9.97 Å². The van der Waals surface area contributed by atoms with Crippen LogP contribution in [0.25, 0.3) is 6.08 Å². The Morgan fingerprint density at radius 3 is 2.53 bits per heavy atom. The van der Waals surface area contributed by atoms with E-state index in [1.807, 2.05) is 14.1 Å². The largest absolute Gasteiger partial charge is 0.481 e. The van der Waals surface area contributed by atoms with Crippen molar-refractivity contribution >= 4 is 18.0 Å². The highest BCUT2D eigenvalue weighted by Crippen LogP contribution is 2.04. The van der Waals surface area contributed by atoms with Crippen LogP contribution < -0.4 is 4.90 Å². The Morgan fingerprint density at radius 1 is 1.47 bits per heavy atom. The Morgan fingerprint density at radius 2 is 2.07 bits per heavy atom. The SMILES string of the molecule is CN(C)c1ncc(C=CCC(=O)O)cn1. The van der Waals surface area contributed by atoms with Crippen LogP contribution in [0, 0.1) is 0 Å². The van der Waals surface area contributed by atoms with Crippen LogP contribution in [0.2, 0.25) is 0 Å². The van der Waals surface area contributed by atoms with E-state index in [1.54, 1.807) is 29.4 Å². The van der Waals surface area contributed by atoms with Crippen LogP contribution in [0.4, 0.5) is 5.95 Å². The molecule has 0 saturated heterocycles. The summed E-state index contributed by atoms with van der Waals surface area (Å²) in [5.41, 5.74) is 0.793. The van der Waals surface area contributed by atoms with Gasteiger partial charge in [0.15, 0.2) is 0 Å². The topological polar surface area (TPSA) is 66.3 Å². The second kappa shape index (κ2) is 5.09. The summed E-state index contributed by atoms with van der Waals surface area (Å²) in [6, 6.07) is 0. The van der Waals surface area contributed by atoms with Crippen LogP contribution in [0.3, 0.4) is 0 Å². The summed E-state index contributed by atoms with van der Waals surface area (Å²) in [6.07, 6.45) is 6.57. The standard InChI is InChI=1S/C10H13N3O2/c1-13(2)10-11-6-8(7-12-10)4-3-5-9(14)15/h3-4,6-7H,5H2,1-2H3,(H,14,15). The zero-order valence-electron chi connectivity index (χ0n) is 8.71. The van der Waals surface area contributed by atoms with Gasteiger partial charge in [0, 0.05) is 32.1 Å². The minimum absolute atomic E-state index is 0.00936. The van der Waals surface area contributed by atoms with Gasteiger partial charge in [-0.1, -0.05) is 12.2 Å². The van der Waals surface area contributed by atoms with Crippen molar-refractivity contribution in [3.8, 4) is 0 Å². The van der Waals surface area contributed by atoms with Crippen LogP contribution in [-0.4, -0.2) is 35.1 Å². The highest BCUT2D eigenvalue weighted by molar-refractivity contribution is 5.70. The normalized spacial score (nSPS) is 10.5. The lowest BCUT2D eigenvalue weighted by atomic mass is 10.3. The van der Waals surface area contributed by atoms with Crippen molar-refractivity contribution in [2.24, 2.45) is 0 Å². The smallest absolute Gasteiger partial charge is 0.307 e. The Labute approximate surface area is 88.1 Å². The highest BCUT2D eigenvalue weighted by atomic mass is 16.4. The van der Waals surface area contributed by atoms with E-state index in [-0.39, 0.29) is 6.42 Å². The molecule has 15 heavy (non-hydrogen) atoms. The predicted octanol–water partition coefficient (Wildman–Crippen LogP) is 1.03. The zero-order valence-corrected chi connectivity index (χ0v) is 8.71. The second-order valence-corrected chi connectivity index (χ2v) is 3.21. The fourth-order valence-corrected chi connectivity index (χ4v) is 0.944. The fraction of sp³-hybridized carbons (Fsp3) is 0.300. The maximum Gasteiger partial charge on any atom is 0.307 e. The number of carboxylic acids is 1. The van der Waals surface area contributed by atoms with Gasteiger partial charge in [-0.05, 0) is 0 Å². The molecule has 0 fully saturated rings. The number of nitrogens with zero attached hydrogens (tertiary/aromatic N) is 3. The van der Waals surface area contributed by atoms with Crippen LogP contribution >= 0.6 is 0 Å². The summed E-state index contributed by atoms with van der Waals surface area (Å²) in [4.78, 5) is 20.2. The lowest BCUT2D eigenvalue weighted by Gasteiger charge is -2.08. The molecule has 80 valence electrons. The van der Waals surface area contributed by atoms with Crippen LogP contribution in [-0.2, 0) is 4.79 Å². The van der Waals surface area contributed by atoms with Crippen molar-refractivity contribution in [3.63, 3.8) is 0 Å². The molecular formula is C10H13N3O2. The molecule has 1 N–H and O–H groups in total. The first-order chi connectivity index (χ1) is 7.09. The number of hydrogen-bond donors (Lipinski definition) is 1. The maximum atomic E-state index is 10.2. The van der Waals surface area contributed by atoms with E-state index in [1.165, 1.54) is 0 Å². The minimum atomic E-state index is -0.850. The lowest BCUT2D eigenvalue weighted by Crippen LogP contribution is -2.12. The maximum absolute atomic E-state index is 10.2. The first kappa shape index (κ1) is 11.2. The number of carbonyl (C=O) groups is 1. The van der Waals surface area contributed by atoms with E-state index in [9.17, 15) is 4.79 Å². The monoisotopic (exact) mass is 207 g/mol. The Kier molecular flexibility index (Phi) is 3.79. The van der Waals surface area contributed by atoms with Gasteiger partial charge in [-0.2, -0.15) is 0 Å². The third kappa shape index (κ3) is 3.76. The summed E-state index contributed by atoms with van der Waals surface area (Å²) in [5.74, 6) is -0.220. The minimum Gasteiger partial charge on any atom is -0.481 e. The quantitative estimate of drug-likeness (QED) is 0.798. The van der Waals surface area contributed by atoms with E-state index >= 15 is 0 Å². The Hall–Kier alpha value is -1.91. The van der Waals surface area contributed by atoms with Gasteiger partial charge in [-0.15, -0.1) is 0 Å². The van der Waals surface area contributed by atoms with Crippen molar-refractivity contribution in [2.75, 3.05) is 19.0 Å². The van der Waals surface area contributed by atoms with Crippen molar-refractivity contribution in [2.45, 2.75) is 6.42 Å². The average molecular weight is 207 g/mol. The van der Waals surface area contributed by atoms with Gasteiger partial charge in [0.25, 0.3) is 0 Å². The number of anilines is 1. The Balaban J connectivity index is 2.64. The van der Waals surface area contributed by atoms with Gasteiger partial charge in [0.05, 0.1) is 6.42 Å². The fourth-order valence-electron chi connectivity index (χ4n) is 0.944. The number of rotatable bonds is 4. The molecule has 5 nitrogen and oxygen atoms in total. The summed E-state index contributed by atoms with van der Waals surface area (Å²) < 4.78 is 0. The molecule has 0 bridgehead atoms. The van der Waals surface area contributed by atoms with Crippen molar-refractivity contribution in [1.29, 1.82) is 0 Å². The number of hydrogen-bond acceptors (Lipinski definition) is 4. The molecule has 0 saturated carbocycles. The summed E-state index contributed by atoms with van der Waals surface area (Å²) >= 11 is 0. The van der Waals surface area contributed by atoms with E-state index in [4.69, 9.17) is 5.11 Å². The second-order valence-electron chi connectivity index (χ2n) is 3.21. The first-order valence-corrected chi connectivity index (χ1v) is 4.47. The first-order valence-electron chi connectivity index (χ1n) is 4.47. The Bertz CT molecular complexity index is 357. The summed E-state index contributed by atoms with van der Waals surface area (Å²) in [5, 5.41) is 8.42. The van der Waals surface area contributed by atoms with Gasteiger partial charge < -0.3 is 10.0 Å². The number of aliphatic carboxylic acids is 1. The van der Waals surface area contributed by atoms with E-state index < -0.39 is 5.97 Å². The molecule has 0 spiro atoms. The molecule has 0 aliphatic rings. The summed E-state index contributed by atoms with van der Waals surface area (Å²) in [6.45, 7) is 0. The van der Waals surface area contributed by atoms with Gasteiger partial charge in [0.2, 0.25) is 5.95 Å². The molecule has 1 aromatic rings. The molecule has 0 aliphatic carbocycles. The van der Waals surface area contributed by atoms with E-state index in [0.717, 1.165) is 5.56 Å². The molecular weight excluding hydrogens is 194 g/mol. The molecule has 0 atom stereocenters. The van der Waals surface area contributed by atoms with Crippen LogP contribution in [0.5, 0.6) is 0 Å². The van der Waals surface area contributed by atoms with Crippen molar-refractivity contribution < 1.29 is 9.90 Å². The van der Waals surface area contributed by atoms with Gasteiger partial charge in [0.1, 0.15) is 0 Å². The lowest BCUT2D eigenvalue weighted by molar-refractivity contribution is -0.135. The molecule has 1 heterocycles. The van der Waals surface area contributed by atoms with Crippen LogP contribution in [0.15, 0.2) is 18.5 Å². The number of carboxylic acid groups (broad SMARTS) is 1. The van der Waals surface area contributed by atoms with Gasteiger partial charge >= 0.3 is 5.97 Å². The molecule has 1 rings (SSSR count). The molecule has 0 amide bonds. The van der Waals surface area contributed by atoms with Crippen molar-refractivity contribution in [3.05, 3.63) is 24.0 Å². The molecule has 5 heteroatoms. The molecule has 0 radical (unpaired) electrons. The third-order valence-corrected chi connectivity index (χ3v) is 1.66. The number of aromatic nitrogens is 2.